The second-order valence-corrected chi connectivity index (χ2v) is 13.9. The molecule has 3 aliphatic rings. The lowest BCUT2D eigenvalue weighted by Crippen LogP contribution is -2.44. The van der Waals surface area contributed by atoms with E-state index >= 15 is 0 Å². The van der Waals surface area contributed by atoms with Crippen molar-refractivity contribution in [3.05, 3.63) is 81.2 Å². The summed E-state index contributed by atoms with van der Waals surface area (Å²) in [6.07, 6.45) is 3.35. The first-order valence-corrected chi connectivity index (χ1v) is 15.3. The van der Waals surface area contributed by atoms with Gasteiger partial charge in [0.1, 0.15) is 5.75 Å². The van der Waals surface area contributed by atoms with Crippen LogP contribution in [0.25, 0.3) is 0 Å². The highest BCUT2D eigenvalue weighted by molar-refractivity contribution is 6.32. The van der Waals surface area contributed by atoms with Crippen LogP contribution >= 0.6 is 11.6 Å². The van der Waals surface area contributed by atoms with Gasteiger partial charge in [0.05, 0.1) is 5.02 Å². The number of para-hydroxylation sites is 1. The number of Topliss-reactive ketones (excluding diaryl/α,β-unsaturated/α-hetero) is 2. The van der Waals surface area contributed by atoms with Gasteiger partial charge in [-0.25, -0.2) is 0 Å². The Hall–Kier alpha value is -3.38. The van der Waals surface area contributed by atoms with Gasteiger partial charge in [-0.2, -0.15) is 0 Å². The smallest absolute Gasteiger partial charge is 0.262 e. The molecule has 1 heterocycles. The summed E-state index contributed by atoms with van der Waals surface area (Å²) in [6.45, 7) is 13.2. The Morgan fingerprint density at radius 3 is 2.10 bits per heavy atom. The predicted octanol–water partition coefficient (Wildman–Crippen LogP) is 7.76. The first kappa shape index (κ1) is 30.1. The third kappa shape index (κ3) is 5.92. The molecular weight excluding hydrogens is 548 g/mol. The predicted molar refractivity (Wildman–Crippen MR) is 167 cm³/mol. The molecular formula is C35H41ClN2O4. The second-order valence-electron chi connectivity index (χ2n) is 13.5. The van der Waals surface area contributed by atoms with E-state index in [0.717, 1.165) is 65.2 Å². The number of allylic oxidation sites excluding steroid dienone is 4. The highest BCUT2D eigenvalue weighted by Crippen LogP contribution is 2.54. The first-order valence-electron chi connectivity index (χ1n) is 14.9. The molecule has 0 unspecified atom stereocenters. The minimum atomic E-state index is -0.466. The number of carbonyl (C=O) groups is 3. The Labute approximate surface area is 254 Å². The lowest BCUT2D eigenvalue weighted by molar-refractivity contribution is -0.120. The van der Waals surface area contributed by atoms with Gasteiger partial charge in [0.2, 0.25) is 0 Å². The zero-order chi connectivity index (χ0) is 30.4. The lowest BCUT2D eigenvalue weighted by Gasteiger charge is -2.49. The van der Waals surface area contributed by atoms with Crippen LogP contribution in [0.2, 0.25) is 5.02 Å². The Balaban J connectivity index is 1.50. The summed E-state index contributed by atoms with van der Waals surface area (Å²) < 4.78 is 5.80. The molecule has 7 heteroatoms. The van der Waals surface area contributed by atoms with Crippen molar-refractivity contribution in [3.8, 4) is 5.75 Å². The van der Waals surface area contributed by atoms with Crippen molar-refractivity contribution >= 4 is 34.8 Å². The van der Waals surface area contributed by atoms with E-state index in [1.165, 1.54) is 0 Å². The molecule has 1 amide bonds. The Morgan fingerprint density at radius 1 is 0.952 bits per heavy atom. The Kier molecular flexibility index (Phi) is 8.14. The van der Waals surface area contributed by atoms with Gasteiger partial charge in [-0.3, -0.25) is 14.4 Å². The van der Waals surface area contributed by atoms with Crippen molar-refractivity contribution in [1.82, 2.24) is 4.90 Å². The second kappa shape index (κ2) is 11.4. The Morgan fingerprint density at radius 2 is 1.55 bits per heavy atom. The van der Waals surface area contributed by atoms with Gasteiger partial charge >= 0.3 is 0 Å². The minimum absolute atomic E-state index is 0.0980. The largest absolute Gasteiger partial charge is 0.482 e. The summed E-state index contributed by atoms with van der Waals surface area (Å²) in [7, 11) is 0. The molecule has 2 aromatic carbocycles. The molecule has 0 saturated heterocycles. The average Bonchev–Trinajstić information content (AvgIpc) is 2.89. The highest BCUT2D eigenvalue weighted by Gasteiger charge is 2.48. The van der Waals surface area contributed by atoms with Crippen molar-refractivity contribution in [1.29, 1.82) is 0 Å². The summed E-state index contributed by atoms with van der Waals surface area (Å²) in [6, 6.07) is 13.0. The van der Waals surface area contributed by atoms with Crippen LogP contribution in [-0.4, -0.2) is 35.5 Å². The SMILES string of the molecule is CCCN1C2=C(C(=O)CC(C)(C)C2)C(c2ccc(OCC(=O)Nc3ccccc3C)c(Cl)c2)C2=C1CC(C)(C)CC2=O. The molecule has 5 rings (SSSR count). The van der Waals surface area contributed by atoms with E-state index in [0.29, 0.717) is 23.6 Å². The summed E-state index contributed by atoms with van der Waals surface area (Å²) in [4.78, 5) is 42.6. The number of ether oxygens (including phenoxy) is 1. The van der Waals surface area contributed by atoms with Crippen molar-refractivity contribution in [2.75, 3.05) is 18.5 Å². The summed E-state index contributed by atoms with van der Waals surface area (Å²) >= 11 is 6.74. The monoisotopic (exact) mass is 588 g/mol. The topological polar surface area (TPSA) is 75.7 Å². The molecule has 0 spiro atoms. The van der Waals surface area contributed by atoms with Crippen LogP contribution in [0.3, 0.4) is 0 Å². The fraction of sp³-hybridized carbons (Fsp3) is 0.457. The molecule has 0 atom stereocenters. The number of hydrogen-bond donors (Lipinski definition) is 1. The normalized spacial score (nSPS) is 19.9. The van der Waals surface area contributed by atoms with Gasteiger partial charge in [-0.05, 0) is 66.3 Å². The van der Waals surface area contributed by atoms with E-state index in [2.05, 4.69) is 44.8 Å². The molecule has 2 aromatic rings. The number of nitrogens with one attached hydrogen (secondary N) is 1. The van der Waals surface area contributed by atoms with Crippen molar-refractivity contribution in [2.45, 2.75) is 79.6 Å². The molecule has 0 aromatic heterocycles. The van der Waals surface area contributed by atoms with Crippen molar-refractivity contribution in [2.24, 2.45) is 10.8 Å². The van der Waals surface area contributed by atoms with E-state index in [1.54, 1.807) is 12.1 Å². The summed E-state index contributed by atoms with van der Waals surface area (Å²) in [5.74, 6) is -0.185. The van der Waals surface area contributed by atoms with Crippen molar-refractivity contribution < 1.29 is 19.1 Å². The number of aryl methyl sites for hydroxylation is 1. The quantitative estimate of drug-likeness (QED) is 0.358. The molecule has 1 N–H and O–H groups in total. The van der Waals surface area contributed by atoms with Crippen LogP contribution in [0.5, 0.6) is 5.75 Å². The van der Waals surface area contributed by atoms with E-state index in [1.807, 2.05) is 37.3 Å². The number of anilines is 1. The molecule has 2 aliphatic carbocycles. The zero-order valence-corrected chi connectivity index (χ0v) is 26.3. The molecule has 1 aliphatic heterocycles. The Bertz CT molecular complexity index is 1460. The van der Waals surface area contributed by atoms with Crippen LogP contribution in [0.4, 0.5) is 5.69 Å². The van der Waals surface area contributed by atoms with Crippen LogP contribution < -0.4 is 10.1 Å². The van der Waals surface area contributed by atoms with Gasteiger partial charge < -0.3 is 15.0 Å². The van der Waals surface area contributed by atoms with E-state index < -0.39 is 5.92 Å². The summed E-state index contributed by atoms with van der Waals surface area (Å²) in [5, 5.41) is 3.20. The maximum absolute atomic E-state index is 13.9. The molecule has 0 bridgehead atoms. The number of rotatable bonds is 7. The fourth-order valence-corrected chi connectivity index (χ4v) is 6.97. The van der Waals surface area contributed by atoms with Crippen LogP contribution in [0.15, 0.2) is 65.0 Å². The molecule has 0 saturated carbocycles. The van der Waals surface area contributed by atoms with Crippen molar-refractivity contribution in [3.63, 3.8) is 0 Å². The number of amides is 1. The first-order chi connectivity index (χ1) is 19.8. The van der Waals surface area contributed by atoms with Gasteiger partial charge in [0.15, 0.2) is 18.2 Å². The fourth-order valence-electron chi connectivity index (χ4n) is 6.73. The molecule has 0 fully saturated rings. The number of carbonyl (C=O) groups excluding carboxylic acids is 3. The van der Waals surface area contributed by atoms with Crippen LogP contribution in [0, 0.1) is 17.8 Å². The third-order valence-electron chi connectivity index (χ3n) is 8.54. The summed E-state index contributed by atoms with van der Waals surface area (Å²) in [5.41, 5.74) is 5.74. The molecule has 6 nitrogen and oxygen atoms in total. The van der Waals surface area contributed by atoms with Gasteiger partial charge in [0.25, 0.3) is 5.91 Å². The number of nitrogens with zero attached hydrogens (tertiary/aromatic N) is 1. The van der Waals surface area contributed by atoms with Gasteiger partial charge in [-0.1, -0.05) is 70.5 Å². The number of hydrogen-bond acceptors (Lipinski definition) is 5. The highest BCUT2D eigenvalue weighted by atomic mass is 35.5. The molecule has 222 valence electrons. The number of ketones is 2. The lowest BCUT2D eigenvalue weighted by atomic mass is 9.63. The molecule has 0 radical (unpaired) electrons. The van der Waals surface area contributed by atoms with E-state index in [-0.39, 0.29) is 34.9 Å². The maximum atomic E-state index is 13.9. The minimum Gasteiger partial charge on any atom is -0.482 e. The third-order valence-corrected chi connectivity index (χ3v) is 8.83. The average molecular weight is 589 g/mol. The van der Waals surface area contributed by atoms with Crippen LogP contribution in [0.1, 0.15) is 83.8 Å². The number of halogens is 1. The standard InChI is InChI=1S/C35H41ClN2O4/c1-7-14-38-25-16-34(3,4)18-27(39)32(25)31(33-26(38)17-35(5,6)19-28(33)40)22-12-13-29(23(36)15-22)42-20-30(41)37-24-11-9-8-10-21(24)2/h8-13,15,31H,7,14,16-20H2,1-6H3,(H,37,41). The molecule has 42 heavy (non-hydrogen) atoms. The zero-order valence-electron chi connectivity index (χ0n) is 25.5. The number of benzene rings is 2. The van der Waals surface area contributed by atoms with E-state index in [4.69, 9.17) is 16.3 Å². The van der Waals surface area contributed by atoms with Gasteiger partial charge in [0, 0.05) is 53.5 Å². The maximum Gasteiger partial charge on any atom is 0.262 e. The van der Waals surface area contributed by atoms with Gasteiger partial charge in [-0.15, -0.1) is 0 Å². The van der Waals surface area contributed by atoms with Crippen LogP contribution in [-0.2, 0) is 14.4 Å². The van der Waals surface area contributed by atoms with E-state index in [9.17, 15) is 14.4 Å².